The molecule has 174 valence electrons. The maximum atomic E-state index is 14.1. The predicted octanol–water partition coefficient (Wildman–Crippen LogP) is 3.66. The lowest BCUT2D eigenvalue weighted by Gasteiger charge is -2.40. The highest BCUT2D eigenvalue weighted by atomic mass is 16.5. The minimum Gasteiger partial charge on any atom is -0.497 e. The lowest BCUT2D eigenvalue weighted by molar-refractivity contribution is -0.139. The van der Waals surface area contributed by atoms with Gasteiger partial charge >= 0.3 is 0 Å². The van der Waals surface area contributed by atoms with Crippen molar-refractivity contribution in [3.8, 4) is 5.75 Å². The van der Waals surface area contributed by atoms with Crippen LogP contribution in [0.15, 0.2) is 49.1 Å². The number of methoxy groups -OCH3 is 1. The number of amides is 1. The summed E-state index contributed by atoms with van der Waals surface area (Å²) in [6.07, 6.45) is 13.5. The average Bonchev–Trinajstić information content (AvgIpc) is 3.21. The van der Waals surface area contributed by atoms with E-state index in [1.165, 1.54) is 6.42 Å². The number of rotatable bonds is 5. The summed E-state index contributed by atoms with van der Waals surface area (Å²) in [5.74, 6) is 1.28. The maximum absolute atomic E-state index is 14.1. The third kappa shape index (κ3) is 4.47. The van der Waals surface area contributed by atoms with E-state index in [0.29, 0.717) is 26.3 Å². The molecule has 33 heavy (non-hydrogen) atoms. The molecule has 1 amide bonds. The number of hydrogen-bond acceptors (Lipinski definition) is 5. The van der Waals surface area contributed by atoms with E-state index in [2.05, 4.69) is 27.0 Å². The van der Waals surface area contributed by atoms with Gasteiger partial charge in [-0.3, -0.25) is 9.78 Å². The molecule has 2 aliphatic rings. The first-order valence-corrected chi connectivity index (χ1v) is 12.0. The molecule has 3 heterocycles. The molecule has 0 N–H and O–H groups in total. The van der Waals surface area contributed by atoms with Crippen LogP contribution < -0.4 is 4.74 Å². The van der Waals surface area contributed by atoms with Gasteiger partial charge in [0.2, 0.25) is 5.91 Å². The van der Waals surface area contributed by atoms with Crippen molar-refractivity contribution < 1.29 is 14.3 Å². The Hall–Kier alpha value is -2.93. The first-order chi connectivity index (χ1) is 16.2. The maximum Gasteiger partial charge on any atom is 0.233 e. The fraction of sp³-hybridized carbons (Fsp3) is 0.500. The molecule has 0 unspecified atom stereocenters. The Morgan fingerprint density at radius 2 is 2.00 bits per heavy atom. The fourth-order valence-electron chi connectivity index (χ4n) is 5.45. The van der Waals surface area contributed by atoms with Crippen molar-refractivity contribution in [1.29, 1.82) is 0 Å². The molecular weight excluding hydrogens is 416 g/mol. The molecule has 0 bridgehead atoms. The third-order valence-corrected chi connectivity index (χ3v) is 7.21. The number of ether oxygens (including phenoxy) is 2. The largest absolute Gasteiger partial charge is 0.497 e. The van der Waals surface area contributed by atoms with Gasteiger partial charge in [0.15, 0.2) is 5.65 Å². The van der Waals surface area contributed by atoms with Gasteiger partial charge < -0.3 is 18.8 Å². The van der Waals surface area contributed by atoms with E-state index >= 15 is 0 Å². The van der Waals surface area contributed by atoms with Crippen molar-refractivity contribution in [2.24, 2.45) is 5.92 Å². The smallest absolute Gasteiger partial charge is 0.233 e. The Labute approximate surface area is 194 Å². The lowest BCUT2D eigenvalue weighted by atomic mass is 9.68. The molecule has 1 atom stereocenters. The predicted molar refractivity (Wildman–Crippen MR) is 125 cm³/mol. The van der Waals surface area contributed by atoms with Crippen molar-refractivity contribution in [2.45, 2.75) is 43.9 Å². The van der Waals surface area contributed by atoms with E-state index in [9.17, 15) is 4.79 Å². The van der Waals surface area contributed by atoms with Crippen LogP contribution in [0.4, 0.5) is 0 Å². The van der Waals surface area contributed by atoms with Crippen LogP contribution in [0.1, 0.15) is 43.4 Å². The molecule has 1 aliphatic carbocycles. The highest BCUT2D eigenvalue weighted by Crippen LogP contribution is 2.42. The van der Waals surface area contributed by atoms with Crippen molar-refractivity contribution in [1.82, 2.24) is 19.3 Å². The molecule has 1 aliphatic heterocycles. The van der Waals surface area contributed by atoms with Gasteiger partial charge in [-0.25, -0.2) is 4.98 Å². The van der Waals surface area contributed by atoms with Gasteiger partial charge in [0.1, 0.15) is 5.75 Å². The number of imidazole rings is 1. The van der Waals surface area contributed by atoms with E-state index in [1.807, 2.05) is 28.9 Å². The topological polar surface area (TPSA) is 69.0 Å². The summed E-state index contributed by atoms with van der Waals surface area (Å²) in [7, 11) is 1.67. The summed E-state index contributed by atoms with van der Waals surface area (Å²) < 4.78 is 13.3. The summed E-state index contributed by atoms with van der Waals surface area (Å²) >= 11 is 0. The SMILES string of the molecule is COc1ccc(C2(C(=O)N3CCOC[C@@H](Cc4cn5ccnc5cn4)C3)CCCCC2)cc1. The molecule has 2 fully saturated rings. The minimum atomic E-state index is -0.451. The van der Waals surface area contributed by atoms with Gasteiger partial charge in [-0.2, -0.15) is 0 Å². The van der Waals surface area contributed by atoms with Crippen molar-refractivity contribution in [3.05, 3.63) is 60.3 Å². The van der Waals surface area contributed by atoms with Gasteiger partial charge in [-0.15, -0.1) is 0 Å². The number of carbonyl (C=O) groups excluding carboxylic acids is 1. The highest BCUT2D eigenvalue weighted by molar-refractivity contribution is 5.88. The number of benzene rings is 1. The Morgan fingerprint density at radius 3 is 2.79 bits per heavy atom. The summed E-state index contributed by atoms with van der Waals surface area (Å²) in [5, 5.41) is 0. The van der Waals surface area contributed by atoms with Crippen molar-refractivity contribution >= 4 is 11.6 Å². The molecule has 7 nitrogen and oxygen atoms in total. The van der Waals surface area contributed by atoms with Crippen LogP contribution in [-0.4, -0.2) is 58.6 Å². The standard InChI is InChI=1S/C26H32N4O3/c1-32-23-7-5-21(6-8-23)26(9-3-2-4-10-26)25(31)30-13-14-33-19-20(17-30)15-22-18-29-12-11-27-24(29)16-28-22/h5-8,11-12,16,18,20H,2-4,9-10,13-15,17,19H2,1H3/t20-/m0/s1. The molecule has 7 heteroatoms. The van der Waals surface area contributed by atoms with Gasteiger partial charge in [0.05, 0.1) is 37.6 Å². The van der Waals surface area contributed by atoms with Gasteiger partial charge in [-0.05, 0) is 37.0 Å². The van der Waals surface area contributed by atoms with Crippen LogP contribution in [0.2, 0.25) is 0 Å². The molecule has 1 saturated heterocycles. The van der Waals surface area contributed by atoms with Gasteiger partial charge in [-0.1, -0.05) is 31.4 Å². The molecule has 1 aromatic carbocycles. The van der Waals surface area contributed by atoms with E-state index in [0.717, 1.165) is 54.8 Å². The monoisotopic (exact) mass is 448 g/mol. The number of fused-ring (bicyclic) bond motifs is 1. The van der Waals surface area contributed by atoms with E-state index < -0.39 is 5.41 Å². The van der Waals surface area contributed by atoms with Crippen LogP contribution >= 0.6 is 0 Å². The first kappa shape index (κ1) is 21.9. The molecule has 0 spiro atoms. The molecule has 3 aromatic rings. The van der Waals surface area contributed by atoms with E-state index in [1.54, 1.807) is 19.5 Å². The van der Waals surface area contributed by atoms with Crippen LogP contribution in [0.5, 0.6) is 5.75 Å². The molecular formula is C26H32N4O3. The Bertz CT molecular complexity index is 1090. The normalized spacial score (nSPS) is 21.0. The quantitative estimate of drug-likeness (QED) is 0.596. The first-order valence-electron chi connectivity index (χ1n) is 12.0. The summed E-state index contributed by atoms with van der Waals surface area (Å²) in [5.41, 5.74) is 2.49. The van der Waals surface area contributed by atoms with Crippen LogP contribution in [0, 0.1) is 5.92 Å². The van der Waals surface area contributed by atoms with Crippen molar-refractivity contribution in [3.63, 3.8) is 0 Å². The van der Waals surface area contributed by atoms with Crippen LogP contribution in [0.3, 0.4) is 0 Å². The van der Waals surface area contributed by atoms with E-state index in [4.69, 9.17) is 9.47 Å². The second-order valence-corrected chi connectivity index (χ2v) is 9.34. The Morgan fingerprint density at radius 1 is 1.18 bits per heavy atom. The number of aromatic nitrogens is 3. The molecule has 1 saturated carbocycles. The minimum absolute atomic E-state index is 0.210. The molecule has 5 rings (SSSR count). The van der Waals surface area contributed by atoms with Crippen molar-refractivity contribution in [2.75, 3.05) is 33.4 Å². The summed E-state index contributed by atoms with van der Waals surface area (Å²) in [6, 6.07) is 8.12. The second kappa shape index (κ2) is 9.51. The summed E-state index contributed by atoms with van der Waals surface area (Å²) in [6.45, 7) is 2.56. The number of nitrogens with zero attached hydrogens (tertiary/aromatic N) is 4. The van der Waals surface area contributed by atoms with Crippen LogP contribution in [-0.2, 0) is 21.4 Å². The third-order valence-electron chi connectivity index (χ3n) is 7.21. The zero-order chi connectivity index (χ0) is 22.7. The fourth-order valence-corrected chi connectivity index (χ4v) is 5.45. The molecule has 2 aromatic heterocycles. The highest BCUT2D eigenvalue weighted by Gasteiger charge is 2.44. The van der Waals surface area contributed by atoms with Crippen LogP contribution in [0.25, 0.3) is 5.65 Å². The lowest BCUT2D eigenvalue weighted by Crippen LogP contribution is -2.50. The Balaban J connectivity index is 1.37. The summed E-state index contributed by atoms with van der Waals surface area (Å²) in [4.78, 5) is 25.0. The number of hydrogen-bond donors (Lipinski definition) is 0. The average molecular weight is 449 g/mol. The zero-order valence-electron chi connectivity index (χ0n) is 19.3. The Kier molecular flexibility index (Phi) is 6.31. The second-order valence-electron chi connectivity index (χ2n) is 9.34. The zero-order valence-corrected chi connectivity index (χ0v) is 19.3. The molecule has 0 radical (unpaired) electrons. The van der Waals surface area contributed by atoms with E-state index in [-0.39, 0.29) is 11.8 Å². The van der Waals surface area contributed by atoms with Gasteiger partial charge in [0.25, 0.3) is 0 Å². The number of carbonyl (C=O) groups is 1. The van der Waals surface area contributed by atoms with Gasteiger partial charge in [0, 0.05) is 37.6 Å².